The topological polar surface area (TPSA) is 74.0 Å². The summed E-state index contributed by atoms with van der Waals surface area (Å²) in [5.74, 6) is 0.425. The van der Waals surface area contributed by atoms with Crippen LogP contribution in [0.4, 0.5) is 5.95 Å². The van der Waals surface area contributed by atoms with Gasteiger partial charge in [-0.3, -0.25) is 4.40 Å². The van der Waals surface area contributed by atoms with E-state index in [1.807, 2.05) is 11.6 Å². The number of nitrogens with zero attached hydrogens (tertiary/aromatic N) is 5. The van der Waals surface area contributed by atoms with Crippen molar-refractivity contribution in [2.24, 2.45) is 7.05 Å². The number of hydrogen-bond acceptors (Lipinski definition) is 4. The molecule has 0 aromatic carbocycles. The molecule has 70 valence electrons. The van der Waals surface area contributed by atoms with Crippen LogP contribution in [-0.4, -0.2) is 23.9 Å². The lowest BCUT2D eigenvalue weighted by atomic mass is 10.5. The van der Waals surface area contributed by atoms with Crippen molar-refractivity contribution in [3.63, 3.8) is 0 Å². The largest absolute Gasteiger partial charge is 0.369 e. The van der Waals surface area contributed by atoms with Gasteiger partial charge in [0, 0.05) is 19.4 Å². The predicted molar refractivity (Wildman–Crippen MR) is 51.7 cm³/mol. The van der Waals surface area contributed by atoms with Gasteiger partial charge in [0.2, 0.25) is 5.95 Å². The smallest absolute Gasteiger partial charge is 0.208 e. The Balaban J connectivity index is 2.67. The fourth-order valence-corrected chi connectivity index (χ4v) is 1.54. The fraction of sp³-hybridized carbons (Fsp3) is 0.125. The first-order chi connectivity index (χ1) is 6.77. The quantitative estimate of drug-likeness (QED) is 0.546. The molecule has 2 N–H and O–H groups in total. The summed E-state index contributed by atoms with van der Waals surface area (Å²) in [6, 6.07) is 0. The number of aryl methyl sites for hydroxylation is 1. The molecule has 0 saturated carbocycles. The molecule has 0 saturated heterocycles. The van der Waals surface area contributed by atoms with E-state index in [2.05, 4.69) is 15.0 Å². The zero-order valence-electron chi connectivity index (χ0n) is 7.55. The summed E-state index contributed by atoms with van der Waals surface area (Å²) in [4.78, 5) is 12.6. The molecule has 3 aromatic rings. The molecule has 3 aromatic heterocycles. The first-order valence-electron chi connectivity index (χ1n) is 4.17. The van der Waals surface area contributed by atoms with E-state index in [-0.39, 0.29) is 0 Å². The summed E-state index contributed by atoms with van der Waals surface area (Å²) < 4.78 is 3.54. The van der Waals surface area contributed by atoms with E-state index < -0.39 is 0 Å². The van der Waals surface area contributed by atoms with E-state index in [1.54, 1.807) is 23.1 Å². The third-order valence-electron chi connectivity index (χ3n) is 2.23. The lowest BCUT2D eigenvalue weighted by molar-refractivity contribution is 0.928. The summed E-state index contributed by atoms with van der Waals surface area (Å²) >= 11 is 0. The van der Waals surface area contributed by atoms with Crippen molar-refractivity contribution in [3.8, 4) is 0 Å². The second-order valence-electron chi connectivity index (χ2n) is 3.12. The van der Waals surface area contributed by atoms with Gasteiger partial charge in [0.05, 0.1) is 6.33 Å². The molecule has 3 heterocycles. The van der Waals surface area contributed by atoms with Crippen LogP contribution in [0, 0.1) is 0 Å². The molecule has 0 atom stereocenters. The summed E-state index contributed by atoms with van der Waals surface area (Å²) in [6.07, 6.45) is 5.15. The van der Waals surface area contributed by atoms with Crippen molar-refractivity contribution in [1.29, 1.82) is 0 Å². The van der Waals surface area contributed by atoms with Gasteiger partial charge in [0.1, 0.15) is 0 Å². The Kier molecular flexibility index (Phi) is 1.16. The zero-order valence-corrected chi connectivity index (χ0v) is 7.55. The second kappa shape index (κ2) is 2.22. The number of hydrogen-bond donors (Lipinski definition) is 1. The standard InChI is InChI=1S/C8H8N6/c1-13-4-11-5-6-10-2-3-14(6)8(9)12-7(5)13/h2-4H,1H3,(H2,9,12). The molecule has 0 aliphatic carbocycles. The van der Waals surface area contributed by atoms with E-state index in [4.69, 9.17) is 5.73 Å². The number of fused-ring (bicyclic) bond motifs is 3. The molecule has 0 unspecified atom stereocenters. The maximum Gasteiger partial charge on any atom is 0.208 e. The van der Waals surface area contributed by atoms with Gasteiger partial charge in [0.25, 0.3) is 0 Å². The minimum Gasteiger partial charge on any atom is -0.369 e. The van der Waals surface area contributed by atoms with Crippen LogP contribution < -0.4 is 5.73 Å². The molecule has 3 rings (SSSR count). The molecular formula is C8H8N6. The number of rotatable bonds is 0. The van der Waals surface area contributed by atoms with Crippen LogP contribution in [0.5, 0.6) is 0 Å². The third kappa shape index (κ3) is 0.723. The van der Waals surface area contributed by atoms with Crippen LogP contribution >= 0.6 is 0 Å². The highest BCUT2D eigenvalue weighted by atomic mass is 15.2. The highest BCUT2D eigenvalue weighted by Crippen LogP contribution is 2.16. The molecule has 0 radical (unpaired) electrons. The summed E-state index contributed by atoms with van der Waals surface area (Å²) in [6.45, 7) is 0. The van der Waals surface area contributed by atoms with Crippen molar-refractivity contribution < 1.29 is 0 Å². The van der Waals surface area contributed by atoms with Crippen LogP contribution in [0.3, 0.4) is 0 Å². The number of nitrogen functional groups attached to an aromatic ring is 1. The van der Waals surface area contributed by atoms with Gasteiger partial charge in [-0.25, -0.2) is 9.97 Å². The Hall–Kier alpha value is -2.11. The van der Waals surface area contributed by atoms with Crippen molar-refractivity contribution >= 4 is 22.8 Å². The Labute approximate surface area is 79.0 Å². The van der Waals surface area contributed by atoms with Gasteiger partial charge in [-0.1, -0.05) is 0 Å². The Morgan fingerprint density at radius 3 is 3.00 bits per heavy atom. The predicted octanol–water partition coefficient (Wildman–Crippen LogP) is 0.198. The molecule has 6 heteroatoms. The number of anilines is 1. The van der Waals surface area contributed by atoms with E-state index >= 15 is 0 Å². The molecule has 0 spiro atoms. The average molecular weight is 188 g/mol. The first kappa shape index (κ1) is 7.31. The van der Waals surface area contributed by atoms with E-state index in [0.29, 0.717) is 5.95 Å². The number of imidazole rings is 2. The molecule has 0 aliphatic rings. The highest BCUT2D eigenvalue weighted by Gasteiger charge is 2.09. The van der Waals surface area contributed by atoms with Crippen molar-refractivity contribution in [2.45, 2.75) is 0 Å². The van der Waals surface area contributed by atoms with Gasteiger partial charge < -0.3 is 10.3 Å². The van der Waals surface area contributed by atoms with Gasteiger partial charge in [-0.05, 0) is 0 Å². The van der Waals surface area contributed by atoms with Crippen LogP contribution in [0.2, 0.25) is 0 Å². The van der Waals surface area contributed by atoms with Gasteiger partial charge >= 0.3 is 0 Å². The SMILES string of the molecule is Cn1cnc2c1nc(N)n1ccnc21. The van der Waals surface area contributed by atoms with Crippen molar-refractivity contribution in [1.82, 2.24) is 23.9 Å². The maximum atomic E-state index is 5.77. The first-order valence-corrected chi connectivity index (χ1v) is 4.17. The number of nitrogens with two attached hydrogens (primary N) is 1. The van der Waals surface area contributed by atoms with Crippen molar-refractivity contribution in [2.75, 3.05) is 5.73 Å². The van der Waals surface area contributed by atoms with Crippen molar-refractivity contribution in [3.05, 3.63) is 18.7 Å². The minimum absolute atomic E-state index is 0.425. The number of aromatic nitrogens is 5. The van der Waals surface area contributed by atoms with Crippen LogP contribution in [0.1, 0.15) is 0 Å². The normalized spacial score (nSPS) is 11.5. The van der Waals surface area contributed by atoms with Gasteiger partial charge in [-0.2, -0.15) is 4.98 Å². The van der Waals surface area contributed by atoms with E-state index in [9.17, 15) is 0 Å². The van der Waals surface area contributed by atoms with Crippen LogP contribution in [0.25, 0.3) is 16.8 Å². The molecule has 0 bridgehead atoms. The molecular weight excluding hydrogens is 180 g/mol. The average Bonchev–Trinajstić information content (AvgIpc) is 2.74. The van der Waals surface area contributed by atoms with Crippen LogP contribution in [-0.2, 0) is 7.05 Å². The fourth-order valence-electron chi connectivity index (χ4n) is 1.54. The molecule has 0 fully saturated rings. The maximum absolute atomic E-state index is 5.77. The lowest BCUT2D eigenvalue weighted by Gasteiger charge is -1.99. The van der Waals surface area contributed by atoms with Gasteiger partial charge in [-0.15, -0.1) is 0 Å². The van der Waals surface area contributed by atoms with E-state index in [1.165, 1.54) is 0 Å². The third-order valence-corrected chi connectivity index (χ3v) is 2.23. The Morgan fingerprint density at radius 2 is 2.14 bits per heavy atom. The summed E-state index contributed by atoms with van der Waals surface area (Å²) in [5.41, 5.74) is 8.03. The molecule has 14 heavy (non-hydrogen) atoms. The lowest BCUT2D eigenvalue weighted by Crippen LogP contribution is -2.01. The minimum atomic E-state index is 0.425. The monoisotopic (exact) mass is 188 g/mol. The summed E-state index contributed by atoms with van der Waals surface area (Å²) in [5, 5.41) is 0. The second-order valence-corrected chi connectivity index (χ2v) is 3.12. The van der Waals surface area contributed by atoms with Crippen LogP contribution in [0.15, 0.2) is 18.7 Å². The molecule has 0 amide bonds. The van der Waals surface area contributed by atoms with Gasteiger partial charge in [0.15, 0.2) is 16.8 Å². The highest BCUT2D eigenvalue weighted by molar-refractivity contribution is 5.86. The molecule has 6 nitrogen and oxygen atoms in total. The van der Waals surface area contributed by atoms with E-state index in [0.717, 1.165) is 16.8 Å². The summed E-state index contributed by atoms with van der Waals surface area (Å²) in [7, 11) is 1.88. The molecule has 0 aliphatic heterocycles. The Bertz CT molecular complexity index is 619. The zero-order chi connectivity index (χ0) is 9.71. The Morgan fingerprint density at radius 1 is 1.29 bits per heavy atom.